The van der Waals surface area contributed by atoms with Crippen LogP contribution in [0.1, 0.15) is 35.2 Å². The molecule has 4 nitrogen and oxygen atoms in total. The molecule has 1 aliphatic heterocycles. The van der Waals surface area contributed by atoms with Gasteiger partial charge in [-0.1, -0.05) is 49.4 Å². The molecule has 31 heavy (non-hydrogen) atoms. The molecule has 4 aromatic rings. The first-order valence-electron chi connectivity index (χ1n) is 10.8. The molecule has 2 atom stereocenters. The van der Waals surface area contributed by atoms with Crippen molar-refractivity contribution >= 4 is 27.5 Å². The predicted molar refractivity (Wildman–Crippen MR) is 124 cm³/mol. The lowest BCUT2D eigenvalue weighted by atomic mass is 9.90. The first-order chi connectivity index (χ1) is 15.1. The Morgan fingerprint density at radius 3 is 2.68 bits per heavy atom. The van der Waals surface area contributed by atoms with Gasteiger partial charge < -0.3 is 9.32 Å². The number of carbonyl (C=O) groups excluding carboxylic acids is 1. The van der Waals surface area contributed by atoms with E-state index in [9.17, 15) is 9.59 Å². The van der Waals surface area contributed by atoms with Crippen LogP contribution >= 0.6 is 0 Å². The van der Waals surface area contributed by atoms with Crippen LogP contribution in [0.15, 0.2) is 82.2 Å². The van der Waals surface area contributed by atoms with E-state index >= 15 is 0 Å². The summed E-state index contributed by atoms with van der Waals surface area (Å²) in [6.07, 6.45) is 1.91. The van der Waals surface area contributed by atoms with E-state index in [4.69, 9.17) is 4.42 Å². The normalized spacial score (nSPS) is 19.3. The maximum atomic E-state index is 12.9. The van der Waals surface area contributed by atoms with Crippen molar-refractivity contribution < 1.29 is 9.21 Å². The average Bonchev–Trinajstić information content (AvgIpc) is 3.17. The van der Waals surface area contributed by atoms with Gasteiger partial charge in [0.05, 0.1) is 11.6 Å². The lowest BCUT2D eigenvalue weighted by Crippen LogP contribution is -2.24. The fourth-order valence-corrected chi connectivity index (χ4v) is 4.79. The van der Waals surface area contributed by atoms with Crippen LogP contribution in [0.25, 0.3) is 21.7 Å². The molecule has 5 rings (SSSR count). The van der Waals surface area contributed by atoms with Gasteiger partial charge in [0.15, 0.2) is 11.2 Å². The summed E-state index contributed by atoms with van der Waals surface area (Å²) in [4.78, 5) is 27.3. The third kappa shape index (κ3) is 3.91. The van der Waals surface area contributed by atoms with E-state index in [1.807, 2.05) is 30.3 Å². The lowest BCUT2D eigenvalue weighted by Gasteiger charge is -2.16. The number of rotatable bonds is 5. The van der Waals surface area contributed by atoms with Gasteiger partial charge in [0, 0.05) is 43.6 Å². The zero-order chi connectivity index (χ0) is 21.4. The number of Topliss-reactive ketones (excluding diaryl/α,β-unsaturated/α-hetero) is 1. The molecule has 2 unspecified atom stereocenters. The van der Waals surface area contributed by atoms with Crippen molar-refractivity contribution in [3.8, 4) is 0 Å². The Balaban J connectivity index is 1.29. The minimum Gasteiger partial charge on any atom is -0.464 e. The van der Waals surface area contributed by atoms with E-state index in [2.05, 4.69) is 42.2 Å². The van der Waals surface area contributed by atoms with Crippen molar-refractivity contribution in [1.29, 1.82) is 0 Å². The number of ketones is 1. The Morgan fingerprint density at radius 2 is 1.84 bits per heavy atom. The molecule has 0 spiro atoms. The van der Waals surface area contributed by atoms with Gasteiger partial charge in [-0.3, -0.25) is 9.59 Å². The minimum atomic E-state index is -0.0584. The van der Waals surface area contributed by atoms with Gasteiger partial charge in [-0.2, -0.15) is 0 Å². The second-order valence-electron chi connectivity index (χ2n) is 8.62. The van der Waals surface area contributed by atoms with Gasteiger partial charge in [0.1, 0.15) is 5.58 Å². The maximum absolute atomic E-state index is 12.9. The van der Waals surface area contributed by atoms with Crippen LogP contribution in [-0.2, 0) is 0 Å². The van der Waals surface area contributed by atoms with Gasteiger partial charge in [-0.25, -0.2) is 0 Å². The zero-order valence-corrected chi connectivity index (χ0v) is 17.6. The molecule has 3 aromatic carbocycles. The monoisotopic (exact) mass is 411 g/mol. The van der Waals surface area contributed by atoms with Gasteiger partial charge >= 0.3 is 0 Å². The molecule has 0 N–H and O–H groups in total. The molecule has 4 heteroatoms. The van der Waals surface area contributed by atoms with Crippen LogP contribution in [0.2, 0.25) is 0 Å². The summed E-state index contributed by atoms with van der Waals surface area (Å²) in [7, 11) is 0. The fraction of sp³-hybridized carbons (Fsp3) is 0.259. The van der Waals surface area contributed by atoms with Crippen molar-refractivity contribution in [2.45, 2.75) is 19.3 Å². The van der Waals surface area contributed by atoms with E-state index in [1.54, 1.807) is 0 Å². The minimum absolute atomic E-state index is 0.0584. The van der Waals surface area contributed by atoms with E-state index < -0.39 is 0 Å². The Hall–Kier alpha value is -3.24. The van der Waals surface area contributed by atoms with Crippen molar-refractivity contribution in [1.82, 2.24) is 4.90 Å². The van der Waals surface area contributed by atoms with Crippen molar-refractivity contribution in [3.05, 3.63) is 94.3 Å². The van der Waals surface area contributed by atoms with E-state index in [1.165, 1.54) is 17.9 Å². The summed E-state index contributed by atoms with van der Waals surface area (Å²) in [5.41, 5.74) is 2.58. The molecule has 1 saturated heterocycles. The van der Waals surface area contributed by atoms with E-state index in [0.29, 0.717) is 34.8 Å². The highest BCUT2D eigenvalue weighted by molar-refractivity contribution is 6.02. The topological polar surface area (TPSA) is 50.5 Å². The highest BCUT2D eigenvalue weighted by atomic mass is 16.3. The Bertz CT molecular complexity index is 1310. The number of carbonyl (C=O) groups is 1. The first kappa shape index (κ1) is 19.7. The van der Waals surface area contributed by atoms with Crippen molar-refractivity contribution in [2.75, 3.05) is 19.6 Å². The molecule has 0 saturated carbocycles. The molecule has 1 aliphatic rings. The van der Waals surface area contributed by atoms with Crippen LogP contribution in [0.4, 0.5) is 0 Å². The molecule has 0 bridgehead atoms. The summed E-state index contributed by atoms with van der Waals surface area (Å²) >= 11 is 0. The molecular weight excluding hydrogens is 386 g/mol. The molecule has 1 aromatic heterocycles. The molecule has 0 amide bonds. The molecule has 0 radical (unpaired) electrons. The maximum Gasteiger partial charge on any atom is 0.192 e. The predicted octanol–water partition coefficient (Wildman–Crippen LogP) is 5.25. The number of likely N-dealkylation sites (tertiary alicyclic amines) is 1. The van der Waals surface area contributed by atoms with Crippen LogP contribution < -0.4 is 5.43 Å². The number of fused-ring (bicyclic) bond motifs is 2. The smallest absolute Gasteiger partial charge is 0.192 e. The van der Waals surface area contributed by atoms with Crippen LogP contribution in [0.3, 0.4) is 0 Å². The molecule has 2 heterocycles. The summed E-state index contributed by atoms with van der Waals surface area (Å²) in [6, 6.07) is 21.4. The van der Waals surface area contributed by atoms with Crippen molar-refractivity contribution in [2.24, 2.45) is 5.92 Å². The highest BCUT2D eigenvalue weighted by Gasteiger charge is 2.30. The average molecular weight is 412 g/mol. The first-order valence-corrected chi connectivity index (χ1v) is 10.8. The van der Waals surface area contributed by atoms with Crippen molar-refractivity contribution in [3.63, 3.8) is 0 Å². The quantitative estimate of drug-likeness (QED) is 0.332. The number of benzene rings is 3. The second kappa shape index (κ2) is 8.12. The van der Waals surface area contributed by atoms with E-state index in [-0.39, 0.29) is 11.2 Å². The molecular formula is C27H25NO3. The highest BCUT2D eigenvalue weighted by Crippen LogP contribution is 2.32. The molecule has 1 fully saturated rings. The Kier molecular flexibility index (Phi) is 5.16. The summed E-state index contributed by atoms with van der Waals surface area (Å²) in [6.45, 7) is 5.10. The molecule has 156 valence electrons. The number of nitrogens with zero attached hydrogens (tertiary/aromatic N) is 1. The van der Waals surface area contributed by atoms with Crippen LogP contribution in [0, 0.1) is 5.92 Å². The van der Waals surface area contributed by atoms with Gasteiger partial charge in [-0.05, 0) is 40.5 Å². The second-order valence-corrected chi connectivity index (χ2v) is 8.62. The van der Waals surface area contributed by atoms with Gasteiger partial charge in [0.2, 0.25) is 0 Å². The summed E-state index contributed by atoms with van der Waals surface area (Å²) in [5.74, 6) is 1.26. The standard InChI is InChI=1S/C27H25NO3/c1-18-16-28(17-24(18)19-5-3-2-4-6-19)11-9-25(29)21-8-7-20-14-23-26(30)10-12-31-27(23)15-22(20)13-21/h2-8,10,12-15,18,24H,9,11,16-17H2,1H3. The lowest BCUT2D eigenvalue weighted by molar-refractivity contribution is 0.0968. The Labute approximate surface area is 181 Å². The summed E-state index contributed by atoms with van der Waals surface area (Å²) in [5, 5.41) is 2.40. The number of hydrogen-bond acceptors (Lipinski definition) is 4. The molecule has 0 aliphatic carbocycles. The fourth-order valence-electron chi connectivity index (χ4n) is 4.79. The van der Waals surface area contributed by atoms with Crippen LogP contribution in [-0.4, -0.2) is 30.3 Å². The van der Waals surface area contributed by atoms with Gasteiger partial charge in [0.25, 0.3) is 0 Å². The largest absolute Gasteiger partial charge is 0.464 e. The third-order valence-corrected chi connectivity index (χ3v) is 6.51. The van der Waals surface area contributed by atoms with Crippen LogP contribution in [0.5, 0.6) is 0 Å². The SMILES string of the molecule is CC1CN(CCC(=O)c2ccc3cc4c(=O)ccoc4cc3c2)CC1c1ccccc1. The summed E-state index contributed by atoms with van der Waals surface area (Å²) < 4.78 is 5.48. The zero-order valence-electron chi connectivity index (χ0n) is 17.6. The Morgan fingerprint density at radius 1 is 1.00 bits per heavy atom. The van der Waals surface area contributed by atoms with Gasteiger partial charge in [-0.15, -0.1) is 0 Å². The third-order valence-electron chi connectivity index (χ3n) is 6.51. The number of hydrogen-bond donors (Lipinski definition) is 0. The van der Waals surface area contributed by atoms with E-state index in [0.717, 1.165) is 30.4 Å².